The van der Waals surface area contributed by atoms with Gasteiger partial charge in [-0.1, -0.05) is 20.8 Å². The molecule has 0 atom stereocenters. The number of likely N-dealkylation sites (N-methyl/N-ethyl adjacent to an activating group) is 1. The smallest absolute Gasteiger partial charge is 0.148 e. The van der Waals surface area contributed by atoms with Gasteiger partial charge in [-0.05, 0) is 20.0 Å². The first-order valence-electron chi connectivity index (χ1n) is 6.96. The monoisotopic (exact) mass is 266 g/mol. The lowest BCUT2D eigenvalue weighted by Gasteiger charge is -2.19. The molecule has 1 aromatic rings. The Hall–Kier alpha value is -1.40. The summed E-state index contributed by atoms with van der Waals surface area (Å²) in [6, 6.07) is 0. The summed E-state index contributed by atoms with van der Waals surface area (Å²) in [6.45, 7) is 12.3. The quantitative estimate of drug-likeness (QED) is 0.487. The normalized spacial score (nSPS) is 10.8. The van der Waals surface area contributed by atoms with Crippen LogP contribution < -0.4 is 16.6 Å². The zero-order chi connectivity index (χ0) is 14.3. The van der Waals surface area contributed by atoms with E-state index in [0.29, 0.717) is 5.82 Å². The van der Waals surface area contributed by atoms with Crippen molar-refractivity contribution >= 4 is 11.6 Å². The number of nitrogens with zero attached hydrogens (tertiary/aromatic N) is 3. The number of rotatable bonds is 8. The highest BCUT2D eigenvalue weighted by Crippen LogP contribution is 2.19. The Morgan fingerprint density at radius 1 is 1.11 bits per heavy atom. The summed E-state index contributed by atoms with van der Waals surface area (Å²) in [5.41, 5.74) is 3.59. The van der Waals surface area contributed by atoms with Gasteiger partial charge < -0.3 is 15.6 Å². The molecule has 19 heavy (non-hydrogen) atoms. The van der Waals surface area contributed by atoms with Crippen LogP contribution >= 0.6 is 0 Å². The number of hydrogen-bond donors (Lipinski definition) is 3. The molecule has 0 aliphatic carbocycles. The SMILES string of the molecule is CCc1nc(NN)c(C)c(NCCN(CC)CC)n1. The van der Waals surface area contributed by atoms with E-state index in [-0.39, 0.29) is 0 Å². The fourth-order valence-electron chi connectivity index (χ4n) is 1.91. The second-order valence-electron chi connectivity index (χ2n) is 4.41. The van der Waals surface area contributed by atoms with Crippen molar-refractivity contribution in [1.82, 2.24) is 14.9 Å². The number of hydrogen-bond acceptors (Lipinski definition) is 6. The van der Waals surface area contributed by atoms with Crippen molar-refractivity contribution in [2.75, 3.05) is 36.9 Å². The van der Waals surface area contributed by atoms with Gasteiger partial charge in [0.25, 0.3) is 0 Å². The molecule has 0 saturated carbocycles. The number of aromatic nitrogens is 2. The van der Waals surface area contributed by atoms with Gasteiger partial charge >= 0.3 is 0 Å². The van der Waals surface area contributed by atoms with Gasteiger partial charge in [-0.3, -0.25) is 0 Å². The van der Waals surface area contributed by atoms with Crippen molar-refractivity contribution < 1.29 is 0 Å². The lowest BCUT2D eigenvalue weighted by Crippen LogP contribution is -2.29. The molecule has 1 rings (SSSR count). The summed E-state index contributed by atoms with van der Waals surface area (Å²) in [7, 11) is 0. The number of hydrazine groups is 1. The van der Waals surface area contributed by atoms with Gasteiger partial charge in [0.15, 0.2) is 0 Å². The van der Waals surface area contributed by atoms with Crippen molar-refractivity contribution in [1.29, 1.82) is 0 Å². The summed E-state index contributed by atoms with van der Waals surface area (Å²) >= 11 is 0. The Morgan fingerprint density at radius 2 is 1.74 bits per heavy atom. The minimum absolute atomic E-state index is 0.692. The third-order valence-corrected chi connectivity index (χ3v) is 3.26. The highest BCUT2D eigenvalue weighted by atomic mass is 15.3. The molecule has 6 nitrogen and oxygen atoms in total. The predicted molar refractivity (Wildman–Crippen MR) is 80.2 cm³/mol. The molecule has 0 amide bonds. The standard InChI is InChI=1S/C13H26N6/c1-5-11-16-12(10(4)13(17-11)18-14)15-8-9-19(6-2)7-3/h5-9,14H2,1-4H3,(H2,15,16,17,18). The molecule has 0 bridgehead atoms. The summed E-state index contributed by atoms with van der Waals surface area (Å²) in [6.07, 6.45) is 0.791. The summed E-state index contributed by atoms with van der Waals surface area (Å²) in [4.78, 5) is 11.2. The van der Waals surface area contributed by atoms with E-state index in [4.69, 9.17) is 5.84 Å². The van der Waals surface area contributed by atoms with Gasteiger partial charge in [0.2, 0.25) is 0 Å². The Morgan fingerprint density at radius 3 is 2.26 bits per heavy atom. The third kappa shape index (κ3) is 4.33. The molecule has 0 aliphatic rings. The number of nitrogen functional groups attached to an aromatic ring is 1. The molecular weight excluding hydrogens is 240 g/mol. The van der Waals surface area contributed by atoms with E-state index in [1.807, 2.05) is 13.8 Å². The van der Waals surface area contributed by atoms with Crippen LogP contribution in [0.15, 0.2) is 0 Å². The van der Waals surface area contributed by atoms with Crippen LogP contribution in [0.4, 0.5) is 11.6 Å². The fourth-order valence-corrected chi connectivity index (χ4v) is 1.91. The molecule has 0 spiro atoms. The molecule has 0 unspecified atom stereocenters. The number of aryl methyl sites for hydroxylation is 1. The first kappa shape index (κ1) is 15.7. The molecule has 1 heterocycles. The second-order valence-corrected chi connectivity index (χ2v) is 4.41. The minimum Gasteiger partial charge on any atom is -0.368 e. The number of nitrogens with two attached hydrogens (primary N) is 1. The molecule has 0 aromatic carbocycles. The predicted octanol–water partition coefficient (Wildman–Crippen LogP) is 1.39. The molecule has 0 saturated heterocycles. The van der Waals surface area contributed by atoms with Crippen molar-refractivity contribution in [3.05, 3.63) is 11.4 Å². The van der Waals surface area contributed by atoms with Crippen LogP contribution in [0.5, 0.6) is 0 Å². The minimum atomic E-state index is 0.692. The Balaban J connectivity index is 2.71. The van der Waals surface area contributed by atoms with Crippen molar-refractivity contribution in [2.24, 2.45) is 5.84 Å². The van der Waals surface area contributed by atoms with E-state index >= 15 is 0 Å². The van der Waals surface area contributed by atoms with Gasteiger partial charge in [-0.2, -0.15) is 0 Å². The second kappa shape index (κ2) is 7.91. The Labute approximate surface area is 115 Å². The van der Waals surface area contributed by atoms with Crippen molar-refractivity contribution in [2.45, 2.75) is 34.1 Å². The average molecular weight is 266 g/mol. The largest absolute Gasteiger partial charge is 0.368 e. The van der Waals surface area contributed by atoms with Gasteiger partial charge in [-0.15, -0.1) is 0 Å². The third-order valence-electron chi connectivity index (χ3n) is 3.26. The molecule has 108 valence electrons. The van der Waals surface area contributed by atoms with Crippen LogP contribution in [0.25, 0.3) is 0 Å². The van der Waals surface area contributed by atoms with E-state index in [1.165, 1.54) is 0 Å². The van der Waals surface area contributed by atoms with E-state index in [1.54, 1.807) is 0 Å². The highest BCUT2D eigenvalue weighted by Gasteiger charge is 2.09. The van der Waals surface area contributed by atoms with Gasteiger partial charge in [-0.25, -0.2) is 15.8 Å². The maximum atomic E-state index is 5.49. The van der Waals surface area contributed by atoms with E-state index in [0.717, 1.165) is 49.8 Å². The number of nitrogens with one attached hydrogen (secondary N) is 2. The molecule has 0 radical (unpaired) electrons. The topological polar surface area (TPSA) is 79.1 Å². The van der Waals surface area contributed by atoms with E-state index < -0.39 is 0 Å². The van der Waals surface area contributed by atoms with E-state index in [9.17, 15) is 0 Å². The molecule has 0 aliphatic heterocycles. The van der Waals surface area contributed by atoms with Gasteiger partial charge in [0.1, 0.15) is 17.5 Å². The Kier molecular flexibility index (Phi) is 6.52. The molecule has 4 N–H and O–H groups in total. The van der Waals surface area contributed by atoms with Crippen LogP contribution in [0.3, 0.4) is 0 Å². The zero-order valence-electron chi connectivity index (χ0n) is 12.5. The van der Waals surface area contributed by atoms with Crippen LogP contribution in [-0.4, -0.2) is 41.0 Å². The molecular formula is C13H26N6. The lowest BCUT2D eigenvalue weighted by atomic mass is 10.3. The first-order valence-corrected chi connectivity index (χ1v) is 6.96. The first-order chi connectivity index (χ1) is 9.15. The molecule has 6 heteroatoms. The van der Waals surface area contributed by atoms with Crippen LogP contribution in [-0.2, 0) is 6.42 Å². The maximum absolute atomic E-state index is 5.49. The molecule has 1 aromatic heterocycles. The molecule has 0 fully saturated rings. The maximum Gasteiger partial charge on any atom is 0.148 e. The number of anilines is 2. The van der Waals surface area contributed by atoms with Crippen LogP contribution in [0.2, 0.25) is 0 Å². The Bertz CT molecular complexity index is 389. The summed E-state index contributed by atoms with van der Waals surface area (Å²) < 4.78 is 0. The summed E-state index contributed by atoms with van der Waals surface area (Å²) in [5, 5.41) is 3.37. The zero-order valence-corrected chi connectivity index (χ0v) is 12.5. The van der Waals surface area contributed by atoms with Crippen molar-refractivity contribution in [3.63, 3.8) is 0 Å². The lowest BCUT2D eigenvalue weighted by molar-refractivity contribution is 0.316. The van der Waals surface area contributed by atoms with E-state index in [2.05, 4.69) is 39.5 Å². The average Bonchev–Trinajstić information content (AvgIpc) is 2.45. The van der Waals surface area contributed by atoms with Crippen LogP contribution in [0.1, 0.15) is 32.2 Å². The summed E-state index contributed by atoms with van der Waals surface area (Å²) in [5.74, 6) is 7.84. The van der Waals surface area contributed by atoms with Crippen LogP contribution in [0, 0.1) is 6.92 Å². The van der Waals surface area contributed by atoms with Gasteiger partial charge in [0, 0.05) is 25.1 Å². The highest BCUT2D eigenvalue weighted by molar-refractivity contribution is 5.56. The van der Waals surface area contributed by atoms with Gasteiger partial charge in [0.05, 0.1) is 0 Å². The van der Waals surface area contributed by atoms with Crippen molar-refractivity contribution in [3.8, 4) is 0 Å². The fraction of sp³-hybridized carbons (Fsp3) is 0.692.